The highest BCUT2D eigenvalue weighted by atomic mass is 16.5. The summed E-state index contributed by atoms with van der Waals surface area (Å²) < 4.78 is 11.5. The molecule has 0 aliphatic carbocycles. The fraction of sp³-hybridized carbons (Fsp3) is 0.200. The number of amides is 3. The first-order chi connectivity index (χ1) is 21.4. The summed E-state index contributed by atoms with van der Waals surface area (Å²) in [6.45, 7) is 3.64. The van der Waals surface area contributed by atoms with Gasteiger partial charge in [0.05, 0.1) is 12.0 Å². The van der Waals surface area contributed by atoms with E-state index in [-0.39, 0.29) is 12.3 Å². The Kier molecular flexibility index (Phi) is 10.8. The highest BCUT2D eigenvalue weighted by Gasteiger charge is 2.48. The van der Waals surface area contributed by atoms with Crippen molar-refractivity contribution in [3.05, 3.63) is 126 Å². The molecule has 0 spiro atoms. The smallest absolute Gasteiger partial charge is 0.310 e. The summed E-state index contributed by atoms with van der Waals surface area (Å²) in [4.78, 5) is 52.5. The van der Waals surface area contributed by atoms with Gasteiger partial charge in [-0.2, -0.15) is 0 Å². The van der Waals surface area contributed by atoms with Crippen molar-refractivity contribution in [2.75, 3.05) is 25.0 Å². The number of likely N-dealkylation sites (N-methyl/N-ethyl adjacent to an activating group) is 2. The predicted octanol–water partition coefficient (Wildman–Crippen LogP) is 5.03. The minimum absolute atomic E-state index is 0.0996. The zero-order valence-electron chi connectivity index (χ0n) is 24.7. The van der Waals surface area contributed by atoms with Crippen LogP contribution in [0.25, 0.3) is 0 Å². The molecule has 0 aromatic heterocycles. The van der Waals surface area contributed by atoms with Crippen LogP contribution in [-0.4, -0.2) is 43.4 Å². The summed E-state index contributed by atoms with van der Waals surface area (Å²) in [6.07, 6.45) is -0.0996. The molecule has 0 heterocycles. The predicted molar refractivity (Wildman–Crippen MR) is 168 cm³/mol. The number of rotatable bonds is 13. The SMILES string of the molecule is CCNC(=O)C(COC(=O)Cc1ccc(NC(=O)c2ccccc2Oc2ccccc2)cc1)(C(=O)NCC)c1ccccc1. The van der Waals surface area contributed by atoms with Crippen LogP contribution in [0.5, 0.6) is 11.5 Å². The van der Waals surface area contributed by atoms with Gasteiger partial charge in [-0.1, -0.05) is 72.8 Å². The largest absolute Gasteiger partial charge is 0.463 e. The Bertz CT molecular complexity index is 1560. The van der Waals surface area contributed by atoms with Crippen molar-refractivity contribution in [1.29, 1.82) is 0 Å². The Labute approximate surface area is 256 Å². The highest BCUT2D eigenvalue weighted by Crippen LogP contribution is 2.28. The van der Waals surface area contributed by atoms with Gasteiger partial charge in [0.1, 0.15) is 18.1 Å². The molecule has 0 bridgehead atoms. The lowest BCUT2D eigenvalue weighted by molar-refractivity contribution is -0.150. The third kappa shape index (κ3) is 7.69. The van der Waals surface area contributed by atoms with Gasteiger partial charge < -0.3 is 25.4 Å². The topological polar surface area (TPSA) is 123 Å². The zero-order valence-corrected chi connectivity index (χ0v) is 24.7. The Balaban J connectivity index is 1.42. The fourth-order valence-corrected chi connectivity index (χ4v) is 4.59. The number of ether oxygens (including phenoxy) is 2. The number of hydrogen-bond acceptors (Lipinski definition) is 6. The molecule has 3 amide bonds. The van der Waals surface area contributed by atoms with Crippen molar-refractivity contribution in [2.45, 2.75) is 25.7 Å². The number of esters is 1. The maximum Gasteiger partial charge on any atom is 0.310 e. The fourth-order valence-electron chi connectivity index (χ4n) is 4.59. The van der Waals surface area contributed by atoms with Crippen molar-refractivity contribution in [3.8, 4) is 11.5 Å². The van der Waals surface area contributed by atoms with Gasteiger partial charge in [0.2, 0.25) is 11.8 Å². The zero-order chi connectivity index (χ0) is 31.4. The van der Waals surface area contributed by atoms with Crippen molar-refractivity contribution < 1.29 is 28.7 Å². The third-order valence-electron chi connectivity index (χ3n) is 6.83. The lowest BCUT2D eigenvalue weighted by atomic mass is 9.79. The summed E-state index contributed by atoms with van der Waals surface area (Å²) in [6, 6.07) is 31.4. The van der Waals surface area contributed by atoms with Gasteiger partial charge in [0.15, 0.2) is 5.41 Å². The van der Waals surface area contributed by atoms with E-state index in [1.165, 1.54) is 0 Å². The third-order valence-corrected chi connectivity index (χ3v) is 6.83. The van der Waals surface area contributed by atoms with Gasteiger partial charge in [0, 0.05) is 18.8 Å². The number of nitrogens with one attached hydrogen (secondary N) is 3. The first kappa shape index (κ1) is 31.5. The molecule has 0 saturated heterocycles. The maximum atomic E-state index is 13.3. The summed E-state index contributed by atoms with van der Waals surface area (Å²) in [5.41, 5.74) is 0.183. The van der Waals surface area contributed by atoms with Gasteiger partial charge in [-0.05, 0) is 61.4 Å². The molecule has 44 heavy (non-hydrogen) atoms. The molecule has 3 N–H and O–H groups in total. The van der Waals surface area contributed by atoms with Gasteiger partial charge in [-0.3, -0.25) is 19.2 Å². The molecule has 0 unspecified atom stereocenters. The van der Waals surface area contributed by atoms with Crippen LogP contribution in [0.2, 0.25) is 0 Å². The molecule has 4 aromatic carbocycles. The van der Waals surface area contributed by atoms with E-state index in [4.69, 9.17) is 9.47 Å². The average Bonchev–Trinajstić information content (AvgIpc) is 3.04. The van der Waals surface area contributed by atoms with Crippen molar-refractivity contribution in [1.82, 2.24) is 10.6 Å². The standard InChI is InChI=1S/C35H35N3O6/c1-3-36-33(41)35(34(42)37-4-2,26-13-7-5-8-14-26)24-43-31(39)23-25-19-21-27(22-20-25)38-32(40)29-17-11-12-18-30(29)44-28-15-9-6-10-16-28/h5-22H,3-4,23-24H2,1-2H3,(H,36,41)(H,37,42)(H,38,40). The first-order valence-electron chi connectivity index (χ1n) is 14.4. The molecular weight excluding hydrogens is 558 g/mol. The van der Waals surface area contributed by atoms with Gasteiger partial charge in [-0.15, -0.1) is 0 Å². The Morgan fingerprint density at radius 1 is 0.682 bits per heavy atom. The van der Waals surface area contributed by atoms with Crippen molar-refractivity contribution >= 4 is 29.4 Å². The summed E-state index contributed by atoms with van der Waals surface area (Å²) in [7, 11) is 0. The summed E-state index contributed by atoms with van der Waals surface area (Å²) in [5.74, 6) is -1.04. The highest BCUT2D eigenvalue weighted by molar-refractivity contribution is 6.11. The molecule has 0 aliphatic heterocycles. The van der Waals surface area contributed by atoms with Crippen molar-refractivity contribution in [3.63, 3.8) is 0 Å². The number of anilines is 1. The Morgan fingerprint density at radius 2 is 1.25 bits per heavy atom. The van der Waals surface area contributed by atoms with E-state index < -0.39 is 29.8 Å². The first-order valence-corrected chi connectivity index (χ1v) is 14.4. The van der Waals surface area contributed by atoms with E-state index in [9.17, 15) is 19.2 Å². The maximum absolute atomic E-state index is 13.3. The molecule has 4 aromatic rings. The Morgan fingerprint density at radius 3 is 1.86 bits per heavy atom. The van der Waals surface area contributed by atoms with E-state index >= 15 is 0 Å². The van der Waals surface area contributed by atoms with Crippen LogP contribution in [0.3, 0.4) is 0 Å². The second-order valence-corrected chi connectivity index (χ2v) is 9.89. The molecule has 226 valence electrons. The van der Waals surface area contributed by atoms with Crippen LogP contribution < -0.4 is 20.7 Å². The van der Waals surface area contributed by atoms with Crippen LogP contribution >= 0.6 is 0 Å². The number of benzene rings is 4. The number of hydrogen-bond donors (Lipinski definition) is 3. The van der Waals surface area contributed by atoms with E-state index in [0.717, 1.165) is 0 Å². The molecule has 0 atom stereocenters. The van der Waals surface area contributed by atoms with E-state index in [1.807, 2.05) is 18.2 Å². The average molecular weight is 594 g/mol. The van der Waals surface area contributed by atoms with E-state index in [0.29, 0.717) is 47.0 Å². The van der Waals surface area contributed by atoms with E-state index in [2.05, 4.69) is 16.0 Å². The number of carbonyl (C=O) groups excluding carboxylic acids is 4. The molecule has 0 radical (unpaired) electrons. The molecule has 9 heteroatoms. The van der Waals surface area contributed by atoms with Crippen molar-refractivity contribution in [2.24, 2.45) is 0 Å². The minimum Gasteiger partial charge on any atom is -0.463 e. The van der Waals surface area contributed by atoms with Crippen LogP contribution in [0, 0.1) is 0 Å². The lowest BCUT2D eigenvalue weighted by Gasteiger charge is -2.31. The number of para-hydroxylation sites is 2. The second kappa shape index (κ2) is 15.2. The van der Waals surface area contributed by atoms with Gasteiger partial charge >= 0.3 is 5.97 Å². The molecule has 0 saturated carbocycles. The monoisotopic (exact) mass is 593 g/mol. The lowest BCUT2D eigenvalue weighted by Crippen LogP contribution is -2.57. The second-order valence-electron chi connectivity index (χ2n) is 9.89. The molecule has 9 nitrogen and oxygen atoms in total. The Hall–Kier alpha value is -5.44. The van der Waals surface area contributed by atoms with Gasteiger partial charge in [0.25, 0.3) is 5.91 Å². The van der Waals surface area contributed by atoms with Gasteiger partial charge in [-0.25, -0.2) is 0 Å². The van der Waals surface area contributed by atoms with Crippen LogP contribution in [0.4, 0.5) is 5.69 Å². The quantitative estimate of drug-likeness (QED) is 0.148. The minimum atomic E-state index is -1.75. The normalized spacial score (nSPS) is 10.8. The van der Waals surface area contributed by atoms with E-state index in [1.54, 1.807) is 105 Å². The molecule has 0 aliphatic rings. The van der Waals surface area contributed by atoms with Crippen LogP contribution in [0.15, 0.2) is 109 Å². The number of carbonyl (C=O) groups is 4. The van der Waals surface area contributed by atoms with Crippen LogP contribution in [-0.2, 0) is 31.0 Å². The molecule has 4 rings (SSSR count). The molecule has 0 fully saturated rings. The summed E-state index contributed by atoms with van der Waals surface area (Å²) in [5, 5.41) is 8.28. The molecular formula is C35H35N3O6. The summed E-state index contributed by atoms with van der Waals surface area (Å²) >= 11 is 0. The van der Waals surface area contributed by atoms with Crippen LogP contribution in [0.1, 0.15) is 35.3 Å².